The van der Waals surface area contributed by atoms with E-state index < -0.39 is 24.4 Å². The molecule has 7 heteroatoms. The third kappa shape index (κ3) is 4.97. The van der Waals surface area contributed by atoms with Crippen LogP contribution in [0.15, 0.2) is 24.3 Å². The van der Waals surface area contributed by atoms with Crippen LogP contribution < -0.4 is 5.32 Å². The summed E-state index contributed by atoms with van der Waals surface area (Å²) in [7, 11) is 0. The van der Waals surface area contributed by atoms with Crippen LogP contribution >= 0.6 is 0 Å². The molecule has 1 aromatic carbocycles. The number of hydrogen-bond acceptors (Lipinski definition) is 5. The molecular formula is C21H26N2O5. The first-order chi connectivity index (χ1) is 13.4. The molecule has 150 valence electrons. The molecule has 0 spiro atoms. The first-order valence-corrected chi connectivity index (χ1v) is 9.81. The second-order valence-electron chi connectivity index (χ2n) is 7.53. The Morgan fingerprint density at radius 3 is 2.64 bits per heavy atom. The second-order valence-corrected chi connectivity index (χ2v) is 7.53. The second kappa shape index (κ2) is 8.99. The molecule has 1 N–H and O–H groups in total. The van der Waals surface area contributed by atoms with Crippen molar-refractivity contribution in [3.8, 4) is 0 Å². The molecule has 1 aromatic rings. The molecule has 0 aromatic heterocycles. The van der Waals surface area contributed by atoms with Crippen LogP contribution in [-0.2, 0) is 19.1 Å². The molecule has 7 nitrogen and oxygen atoms in total. The Labute approximate surface area is 164 Å². The maximum absolute atomic E-state index is 12.3. The number of hydrogen-bond donors (Lipinski definition) is 1. The van der Waals surface area contributed by atoms with Crippen molar-refractivity contribution in [1.29, 1.82) is 0 Å². The number of ether oxygens (including phenoxy) is 1. The summed E-state index contributed by atoms with van der Waals surface area (Å²) in [5.74, 6) is -1.61. The van der Waals surface area contributed by atoms with Crippen molar-refractivity contribution in [2.75, 3.05) is 18.5 Å². The van der Waals surface area contributed by atoms with E-state index in [1.54, 1.807) is 24.3 Å². The van der Waals surface area contributed by atoms with E-state index >= 15 is 0 Å². The van der Waals surface area contributed by atoms with Gasteiger partial charge in [0.25, 0.3) is 5.91 Å². The molecule has 0 radical (unpaired) electrons. The summed E-state index contributed by atoms with van der Waals surface area (Å²) in [6, 6.07) is 6.79. The fourth-order valence-corrected chi connectivity index (χ4v) is 3.90. The Kier molecular flexibility index (Phi) is 6.44. The fourth-order valence-electron chi connectivity index (χ4n) is 3.90. The van der Waals surface area contributed by atoms with Crippen molar-refractivity contribution in [3.63, 3.8) is 0 Å². The molecule has 0 unspecified atom stereocenters. The van der Waals surface area contributed by atoms with E-state index in [0.717, 1.165) is 25.7 Å². The Bertz CT molecular complexity index is 770. The first-order valence-electron chi connectivity index (χ1n) is 9.81. The lowest BCUT2D eigenvalue weighted by Gasteiger charge is -2.31. The molecule has 1 aliphatic carbocycles. The Balaban J connectivity index is 1.47. The number of anilines is 1. The topological polar surface area (TPSA) is 92.8 Å². The van der Waals surface area contributed by atoms with Crippen molar-refractivity contribution >= 4 is 29.3 Å². The van der Waals surface area contributed by atoms with Crippen LogP contribution in [-0.4, -0.2) is 47.7 Å². The van der Waals surface area contributed by atoms with Gasteiger partial charge in [0.1, 0.15) is 0 Å². The summed E-state index contributed by atoms with van der Waals surface area (Å²) in [6.07, 6.45) is 5.58. The van der Waals surface area contributed by atoms with Gasteiger partial charge >= 0.3 is 5.97 Å². The van der Waals surface area contributed by atoms with E-state index in [2.05, 4.69) is 5.32 Å². The highest BCUT2D eigenvalue weighted by Gasteiger charge is 2.39. The third-order valence-corrected chi connectivity index (χ3v) is 5.41. The van der Waals surface area contributed by atoms with E-state index in [1.807, 2.05) is 4.90 Å². The number of Topliss-reactive ketones (excluding diaryl/α,β-unsaturated/α-hetero) is 1. The molecule has 0 bridgehead atoms. The quantitative estimate of drug-likeness (QED) is 0.599. The minimum absolute atomic E-state index is 0.000603. The molecule has 28 heavy (non-hydrogen) atoms. The van der Waals surface area contributed by atoms with Gasteiger partial charge in [0.05, 0.1) is 5.92 Å². The number of esters is 1. The zero-order chi connectivity index (χ0) is 20.1. The highest BCUT2D eigenvalue weighted by atomic mass is 16.5. The molecular weight excluding hydrogens is 360 g/mol. The molecule has 1 saturated carbocycles. The Morgan fingerprint density at radius 1 is 1.18 bits per heavy atom. The SMILES string of the molecule is CC(=O)c1cccc(NC(=O)COC(=O)[C@@H]2CC(=O)N(C3CCCCC3)C2)c1. The van der Waals surface area contributed by atoms with Gasteiger partial charge in [-0.05, 0) is 31.9 Å². The number of nitrogens with zero attached hydrogens (tertiary/aromatic N) is 1. The number of nitrogens with one attached hydrogen (secondary N) is 1. The maximum atomic E-state index is 12.3. The Morgan fingerprint density at radius 2 is 1.93 bits per heavy atom. The highest BCUT2D eigenvalue weighted by molar-refractivity contribution is 5.97. The van der Waals surface area contributed by atoms with Crippen LogP contribution in [0.25, 0.3) is 0 Å². The smallest absolute Gasteiger partial charge is 0.311 e. The normalized spacial score (nSPS) is 20.1. The predicted molar refractivity (Wildman–Crippen MR) is 103 cm³/mol. The summed E-state index contributed by atoms with van der Waals surface area (Å²) < 4.78 is 5.12. The summed E-state index contributed by atoms with van der Waals surface area (Å²) >= 11 is 0. The summed E-state index contributed by atoms with van der Waals surface area (Å²) in [4.78, 5) is 49.8. The van der Waals surface area contributed by atoms with Crippen molar-refractivity contribution in [1.82, 2.24) is 4.90 Å². The average Bonchev–Trinajstić information content (AvgIpc) is 3.09. The molecule has 1 atom stereocenters. The summed E-state index contributed by atoms with van der Waals surface area (Å²) in [5, 5.41) is 2.61. The lowest BCUT2D eigenvalue weighted by atomic mass is 9.94. The standard InChI is InChI=1S/C21H26N2O5/c1-14(24)15-6-5-7-17(10-15)22-19(25)13-28-21(27)16-11-20(26)23(12-16)18-8-3-2-4-9-18/h5-7,10,16,18H,2-4,8-9,11-13H2,1H3,(H,22,25)/t16-/m1/s1. The van der Waals surface area contributed by atoms with Gasteiger partial charge in [0, 0.05) is 30.3 Å². The summed E-state index contributed by atoms with van der Waals surface area (Å²) in [6.45, 7) is 1.41. The Hall–Kier alpha value is -2.70. The van der Waals surface area contributed by atoms with Crippen molar-refractivity contribution in [3.05, 3.63) is 29.8 Å². The van der Waals surface area contributed by atoms with Crippen molar-refractivity contribution in [2.24, 2.45) is 5.92 Å². The number of rotatable bonds is 6. The number of carbonyl (C=O) groups is 4. The molecule has 2 amide bonds. The molecule has 1 aliphatic heterocycles. The monoisotopic (exact) mass is 386 g/mol. The fraction of sp³-hybridized carbons (Fsp3) is 0.524. The lowest BCUT2D eigenvalue weighted by molar-refractivity contribution is -0.151. The number of ketones is 1. The van der Waals surface area contributed by atoms with Crippen LogP contribution in [0.5, 0.6) is 0 Å². The van der Waals surface area contributed by atoms with E-state index in [0.29, 0.717) is 17.8 Å². The highest BCUT2D eigenvalue weighted by Crippen LogP contribution is 2.29. The van der Waals surface area contributed by atoms with Crippen LogP contribution in [0.3, 0.4) is 0 Å². The molecule has 1 saturated heterocycles. The van der Waals surface area contributed by atoms with Gasteiger partial charge in [0.2, 0.25) is 5.91 Å². The van der Waals surface area contributed by atoms with Gasteiger partial charge in [-0.3, -0.25) is 19.2 Å². The third-order valence-electron chi connectivity index (χ3n) is 5.41. The van der Waals surface area contributed by atoms with Gasteiger partial charge in [-0.25, -0.2) is 0 Å². The van der Waals surface area contributed by atoms with E-state index in [9.17, 15) is 19.2 Å². The maximum Gasteiger partial charge on any atom is 0.311 e. The number of amides is 2. The zero-order valence-electron chi connectivity index (χ0n) is 16.1. The number of likely N-dealkylation sites (tertiary alicyclic amines) is 1. The molecule has 1 heterocycles. The van der Waals surface area contributed by atoms with Gasteiger partial charge in [0.15, 0.2) is 12.4 Å². The predicted octanol–water partition coefficient (Wildman–Crippen LogP) is 2.55. The summed E-state index contributed by atoms with van der Waals surface area (Å²) in [5.41, 5.74) is 0.954. The van der Waals surface area contributed by atoms with Crippen LogP contribution in [0, 0.1) is 5.92 Å². The lowest BCUT2D eigenvalue weighted by Crippen LogP contribution is -2.38. The van der Waals surface area contributed by atoms with Crippen LogP contribution in [0.1, 0.15) is 55.8 Å². The largest absolute Gasteiger partial charge is 0.455 e. The average molecular weight is 386 g/mol. The van der Waals surface area contributed by atoms with Crippen LogP contribution in [0.4, 0.5) is 5.69 Å². The minimum Gasteiger partial charge on any atom is -0.455 e. The van der Waals surface area contributed by atoms with Gasteiger partial charge < -0.3 is 15.0 Å². The van der Waals surface area contributed by atoms with Gasteiger partial charge in [-0.15, -0.1) is 0 Å². The van der Waals surface area contributed by atoms with Crippen molar-refractivity contribution < 1.29 is 23.9 Å². The van der Waals surface area contributed by atoms with Crippen LogP contribution in [0.2, 0.25) is 0 Å². The molecule has 3 rings (SSSR count). The van der Waals surface area contributed by atoms with E-state index in [4.69, 9.17) is 4.74 Å². The van der Waals surface area contributed by atoms with Crippen molar-refractivity contribution in [2.45, 2.75) is 51.5 Å². The molecule has 2 aliphatic rings. The first kappa shape index (κ1) is 20.0. The molecule has 2 fully saturated rings. The van der Waals surface area contributed by atoms with Gasteiger partial charge in [-0.2, -0.15) is 0 Å². The van der Waals surface area contributed by atoms with E-state index in [-0.39, 0.29) is 24.2 Å². The minimum atomic E-state index is -0.515. The number of carbonyl (C=O) groups excluding carboxylic acids is 4. The zero-order valence-corrected chi connectivity index (χ0v) is 16.1. The number of benzene rings is 1. The van der Waals surface area contributed by atoms with E-state index in [1.165, 1.54) is 13.3 Å². The van der Waals surface area contributed by atoms with Gasteiger partial charge in [-0.1, -0.05) is 31.4 Å².